The summed E-state index contributed by atoms with van der Waals surface area (Å²) < 4.78 is 5.07. The Balaban J connectivity index is 2.14. The lowest BCUT2D eigenvalue weighted by Gasteiger charge is -2.38. The number of anilines is 1. The van der Waals surface area contributed by atoms with Crippen molar-refractivity contribution in [3.8, 4) is 5.75 Å². The molecule has 5 nitrogen and oxygen atoms in total. The number of carbonyl (C=O) groups is 1. The second-order valence-electron chi connectivity index (χ2n) is 4.21. The van der Waals surface area contributed by atoms with Crippen LogP contribution in [0.3, 0.4) is 0 Å². The Morgan fingerprint density at radius 2 is 2.29 bits per heavy atom. The molecule has 5 heteroatoms. The maximum atomic E-state index is 12.1. The fraction of sp³-hybridized carbons (Fsp3) is 0.417. The maximum Gasteiger partial charge on any atom is 0.256 e. The topological polar surface area (TPSA) is 75.8 Å². The van der Waals surface area contributed by atoms with Crippen LogP contribution in [0.15, 0.2) is 18.2 Å². The Kier molecular flexibility index (Phi) is 3.19. The zero-order valence-corrected chi connectivity index (χ0v) is 9.72. The Bertz CT molecular complexity index is 428. The molecule has 92 valence electrons. The largest absolute Gasteiger partial charge is 0.497 e. The average Bonchev–Trinajstić information content (AvgIpc) is 2.28. The minimum absolute atomic E-state index is 0.105. The third-order valence-electron chi connectivity index (χ3n) is 2.99. The third kappa shape index (κ3) is 2.19. The Hall–Kier alpha value is -1.75. The number of nitrogens with zero attached hydrogens (tertiary/aromatic N) is 1. The second-order valence-corrected chi connectivity index (χ2v) is 4.21. The molecule has 1 aromatic carbocycles. The first-order valence-corrected chi connectivity index (χ1v) is 5.49. The number of likely N-dealkylation sites (tertiary alicyclic amines) is 1. The van der Waals surface area contributed by atoms with Gasteiger partial charge in [-0.25, -0.2) is 0 Å². The van der Waals surface area contributed by atoms with Gasteiger partial charge in [0.05, 0.1) is 12.7 Å². The summed E-state index contributed by atoms with van der Waals surface area (Å²) in [6, 6.07) is 5.03. The van der Waals surface area contributed by atoms with E-state index < -0.39 is 0 Å². The molecule has 3 N–H and O–H groups in total. The van der Waals surface area contributed by atoms with Crippen molar-refractivity contribution in [2.45, 2.75) is 0 Å². The fourth-order valence-corrected chi connectivity index (χ4v) is 1.87. The summed E-state index contributed by atoms with van der Waals surface area (Å²) in [5.41, 5.74) is 6.68. The van der Waals surface area contributed by atoms with E-state index in [1.165, 1.54) is 0 Å². The highest BCUT2D eigenvalue weighted by Crippen LogP contribution is 2.24. The Morgan fingerprint density at radius 1 is 1.59 bits per heavy atom. The second kappa shape index (κ2) is 4.63. The first kappa shape index (κ1) is 11.7. The van der Waals surface area contributed by atoms with Gasteiger partial charge in [-0.05, 0) is 18.2 Å². The van der Waals surface area contributed by atoms with E-state index in [0.717, 1.165) is 0 Å². The molecule has 17 heavy (non-hydrogen) atoms. The number of benzene rings is 1. The van der Waals surface area contributed by atoms with Crippen LogP contribution in [-0.4, -0.2) is 42.7 Å². The average molecular weight is 236 g/mol. The van der Waals surface area contributed by atoms with E-state index in [0.29, 0.717) is 30.1 Å². The minimum atomic E-state index is -0.105. The van der Waals surface area contributed by atoms with E-state index in [-0.39, 0.29) is 18.4 Å². The van der Waals surface area contributed by atoms with Gasteiger partial charge in [0.15, 0.2) is 0 Å². The first-order valence-electron chi connectivity index (χ1n) is 5.49. The highest BCUT2D eigenvalue weighted by atomic mass is 16.5. The number of ether oxygens (including phenoxy) is 1. The molecule has 2 rings (SSSR count). The van der Waals surface area contributed by atoms with Gasteiger partial charge in [0, 0.05) is 31.3 Å². The van der Waals surface area contributed by atoms with E-state index in [1.807, 2.05) is 0 Å². The van der Waals surface area contributed by atoms with E-state index >= 15 is 0 Å². The van der Waals surface area contributed by atoms with E-state index in [2.05, 4.69) is 0 Å². The number of hydrogen-bond donors (Lipinski definition) is 2. The summed E-state index contributed by atoms with van der Waals surface area (Å²) in [4.78, 5) is 13.8. The lowest BCUT2D eigenvalue weighted by Crippen LogP contribution is -2.51. The predicted octanol–water partition coefficient (Wildman–Crippen LogP) is 0.342. The van der Waals surface area contributed by atoms with Gasteiger partial charge in [-0.2, -0.15) is 0 Å². The van der Waals surface area contributed by atoms with Crippen LogP contribution < -0.4 is 10.5 Å². The molecule has 1 heterocycles. The number of nitrogen functional groups attached to an aromatic ring is 1. The summed E-state index contributed by atoms with van der Waals surface area (Å²) in [6.45, 7) is 1.30. The van der Waals surface area contributed by atoms with Crippen LogP contribution in [0.5, 0.6) is 5.75 Å². The van der Waals surface area contributed by atoms with Gasteiger partial charge in [0.2, 0.25) is 0 Å². The third-order valence-corrected chi connectivity index (χ3v) is 2.99. The van der Waals surface area contributed by atoms with Crippen molar-refractivity contribution in [3.63, 3.8) is 0 Å². The van der Waals surface area contributed by atoms with Crippen LogP contribution in [0.1, 0.15) is 10.4 Å². The van der Waals surface area contributed by atoms with Gasteiger partial charge in [-0.3, -0.25) is 4.79 Å². The molecule has 1 fully saturated rings. The quantitative estimate of drug-likeness (QED) is 0.742. The standard InChI is InChI=1S/C12H16N2O3/c1-17-9-2-3-11(13)10(4-9)12(16)14-5-8(6-14)7-15/h2-4,8,15H,5-7,13H2,1H3. The number of nitrogens with two attached hydrogens (primary N) is 1. The molecular formula is C12H16N2O3. The number of amides is 1. The summed E-state index contributed by atoms with van der Waals surface area (Å²) in [5.74, 6) is 0.707. The molecule has 0 unspecified atom stereocenters. The molecule has 0 saturated carbocycles. The van der Waals surface area contributed by atoms with Crippen molar-refractivity contribution in [1.82, 2.24) is 4.90 Å². The SMILES string of the molecule is COc1ccc(N)c(C(=O)N2CC(CO)C2)c1. The van der Waals surface area contributed by atoms with Crippen LogP contribution in [0.4, 0.5) is 5.69 Å². The molecule has 1 saturated heterocycles. The van der Waals surface area contributed by atoms with Crippen LogP contribution >= 0.6 is 0 Å². The lowest BCUT2D eigenvalue weighted by atomic mass is 9.99. The molecule has 1 aliphatic heterocycles. The molecular weight excluding hydrogens is 220 g/mol. The van der Waals surface area contributed by atoms with Crippen LogP contribution in [0.2, 0.25) is 0 Å². The summed E-state index contributed by atoms with van der Waals surface area (Å²) in [5, 5.41) is 8.91. The van der Waals surface area contributed by atoms with Crippen LogP contribution in [-0.2, 0) is 0 Å². The number of aliphatic hydroxyl groups is 1. The van der Waals surface area contributed by atoms with Gasteiger partial charge in [0.1, 0.15) is 5.75 Å². The number of carbonyl (C=O) groups excluding carboxylic acids is 1. The number of methoxy groups -OCH3 is 1. The van der Waals surface area contributed by atoms with Crippen molar-refractivity contribution in [1.29, 1.82) is 0 Å². The van der Waals surface area contributed by atoms with Gasteiger partial charge >= 0.3 is 0 Å². The molecule has 1 aromatic rings. The molecule has 0 aromatic heterocycles. The molecule has 0 spiro atoms. The van der Waals surface area contributed by atoms with E-state index in [9.17, 15) is 4.79 Å². The summed E-state index contributed by atoms with van der Waals surface area (Å²) in [6.07, 6.45) is 0. The highest BCUT2D eigenvalue weighted by molar-refractivity contribution is 6.00. The van der Waals surface area contributed by atoms with Gasteiger partial charge in [-0.15, -0.1) is 0 Å². The van der Waals surface area contributed by atoms with Crippen molar-refractivity contribution < 1.29 is 14.6 Å². The smallest absolute Gasteiger partial charge is 0.256 e. The molecule has 0 bridgehead atoms. The summed E-state index contributed by atoms with van der Waals surface area (Å²) >= 11 is 0. The minimum Gasteiger partial charge on any atom is -0.497 e. The monoisotopic (exact) mass is 236 g/mol. The van der Waals surface area contributed by atoms with Crippen LogP contribution in [0, 0.1) is 5.92 Å². The lowest BCUT2D eigenvalue weighted by molar-refractivity contribution is 0.0362. The fourth-order valence-electron chi connectivity index (χ4n) is 1.87. The van der Waals surface area contributed by atoms with E-state index in [4.69, 9.17) is 15.6 Å². The van der Waals surface area contributed by atoms with Crippen molar-refractivity contribution in [2.24, 2.45) is 5.92 Å². The van der Waals surface area contributed by atoms with Gasteiger partial charge in [0.25, 0.3) is 5.91 Å². The van der Waals surface area contributed by atoms with Crippen molar-refractivity contribution >= 4 is 11.6 Å². The van der Waals surface area contributed by atoms with E-state index in [1.54, 1.807) is 30.2 Å². The zero-order valence-electron chi connectivity index (χ0n) is 9.72. The molecule has 1 amide bonds. The predicted molar refractivity (Wildman–Crippen MR) is 63.9 cm³/mol. The number of aliphatic hydroxyl groups excluding tert-OH is 1. The number of hydrogen-bond acceptors (Lipinski definition) is 4. The molecule has 0 atom stereocenters. The first-order chi connectivity index (χ1) is 8.15. The normalized spacial score (nSPS) is 15.5. The Morgan fingerprint density at radius 3 is 2.88 bits per heavy atom. The Labute approximate surface area is 99.8 Å². The van der Waals surface area contributed by atoms with Crippen molar-refractivity contribution in [3.05, 3.63) is 23.8 Å². The number of rotatable bonds is 3. The molecule has 0 aliphatic carbocycles. The van der Waals surface area contributed by atoms with Gasteiger partial charge < -0.3 is 20.5 Å². The maximum absolute atomic E-state index is 12.1. The van der Waals surface area contributed by atoms with Gasteiger partial charge in [-0.1, -0.05) is 0 Å². The molecule has 0 radical (unpaired) electrons. The van der Waals surface area contributed by atoms with Crippen molar-refractivity contribution in [2.75, 3.05) is 32.5 Å². The zero-order chi connectivity index (χ0) is 12.4. The highest BCUT2D eigenvalue weighted by Gasteiger charge is 2.31. The van der Waals surface area contributed by atoms with Crippen LogP contribution in [0.25, 0.3) is 0 Å². The molecule has 1 aliphatic rings. The summed E-state index contributed by atoms with van der Waals surface area (Å²) in [7, 11) is 1.55.